The van der Waals surface area contributed by atoms with E-state index < -0.39 is 54.0 Å². The van der Waals surface area contributed by atoms with Crippen molar-refractivity contribution in [2.45, 2.75) is 6.92 Å². The molecule has 2 aromatic rings. The van der Waals surface area contributed by atoms with E-state index in [2.05, 4.69) is 4.74 Å². The topological polar surface area (TPSA) is 72.9 Å². The molecule has 2 aromatic carbocycles. The highest BCUT2D eigenvalue weighted by molar-refractivity contribution is 6.00. The Labute approximate surface area is 158 Å². The lowest BCUT2D eigenvalue weighted by molar-refractivity contribution is -0.142. The van der Waals surface area contributed by atoms with Crippen molar-refractivity contribution < 1.29 is 37.0 Å². The largest absolute Gasteiger partial charge is 0.465 e. The molecule has 1 amide bonds. The highest BCUT2D eigenvalue weighted by atomic mass is 19.1. The lowest BCUT2D eigenvalue weighted by Crippen LogP contribution is -2.39. The molecular weight excluding hydrogens is 379 g/mol. The van der Waals surface area contributed by atoms with Crippen molar-refractivity contribution in [3.05, 3.63) is 65.5 Å². The van der Waals surface area contributed by atoms with Gasteiger partial charge in [0.15, 0.2) is 6.61 Å². The van der Waals surface area contributed by atoms with Crippen molar-refractivity contribution >= 4 is 23.5 Å². The number of rotatable bonds is 7. The van der Waals surface area contributed by atoms with Crippen LogP contribution in [0.15, 0.2) is 42.5 Å². The van der Waals surface area contributed by atoms with Gasteiger partial charge < -0.3 is 9.47 Å². The maximum Gasteiger partial charge on any atom is 0.344 e. The molecule has 0 aliphatic heterocycles. The molecule has 0 saturated heterocycles. The van der Waals surface area contributed by atoms with Gasteiger partial charge in [-0.1, -0.05) is 6.07 Å². The number of hydrogen-bond donors (Lipinski definition) is 0. The van der Waals surface area contributed by atoms with Crippen molar-refractivity contribution in [2.75, 3.05) is 24.7 Å². The molecule has 2 rings (SSSR count). The van der Waals surface area contributed by atoms with Crippen molar-refractivity contribution in [3.63, 3.8) is 0 Å². The predicted octanol–water partition coefficient (Wildman–Crippen LogP) is 2.86. The third-order valence-electron chi connectivity index (χ3n) is 3.53. The fourth-order valence-corrected chi connectivity index (χ4v) is 2.25. The second-order valence-electron chi connectivity index (χ2n) is 5.43. The molecule has 0 unspecified atom stereocenters. The summed E-state index contributed by atoms with van der Waals surface area (Å²) >= 11 is 0. The van der Waals surface area contributed by atoms with Crippen molar-refractivity contribution in [1.29, 1.82) is 0 Å². The molecular formula is C19H16F3NO5. The number of hydrogen-bond acceptors (Lipinski definition) is 5. The summed E-state index contributed by atoms with van der Waals surface area (Å²) < 4.78 is 49.8. The van der Waals surface area contributed by atoms with Gasteiger partial charge in [-0.15, -0.1) is 0 Å². The number of carbonyl (C=O) groups is 3. The van der Waals surface area contributed by atoms with E-state index in [0.717, 1.165) is 35.2 Å². The summed E-state index contributed by atoms with van der Waals surface area (Å²) in [7, 11) is 0. The van der Waals surface area contributed by atoms with Crippen LogP contribution in [0.5, 0.6) is 0 Å². The van der Waals surface area contributed by atoms with Crippen LogP contribution in [0.1, 0.15) is 17.3 Å². The number of halogens is 3. The van der Waals surface area contributed by atoms with Gasteiger partial charge in [-0.05, 0) is 43.3 Å². The fourth-order valence-electron chi connectivity index (χ4n) is 2.25. The molecule has 0 radical (unpaired) electrons. The Morgan fingerprint density at radius 2 is 1.54 bits per heavy atom. The molecule has 0 bridgehead atoms. The number of ether oxygens (including phenoxy) is 2. The van der Waals surface area contributed by atoms with Gasteiger partial charge in [0.05, 0.1) is 6.61 Å². The zero-order valence-electron chi connectivity index (χ0n) is 14.8. The van der Waals surface area contributed by atoms with Crippen LogP contribution < -0.4 is 4.90 Å². The number of nitrogens with zero attached hydrogens (tertiary/aromatic N) is 1. The minimum Gasteiger partial charge on any atom is -0.465 e. The average molecular weight is 395 g/mol. The van der Waals surface area contributed by atoms with Gasteiger partial charge in [0.2, 0.25) is 0 Å². The van der Waals surface area contributed by atoms with E-state index in [9.17, 15) is 27.6 Å². The second kappa shape index (κ2) is 9.54. The van der Waals surface area contributed by atoms with Crippen LogP contribution in [0.25, 0.3) is 0 Å². The molecule has 0 spiro atoms. The molecule has 148 valence electrons. The van der Waals surface area contributed by atoms with Crippen LogP contribution in [0.3, 0.4) is 0 Å². The molecule has 6 nitrogen and oxygen atoms in total. The first kappa shape index (κ1) is 20.9. The van der Waals surface area contributed by atoms with E-state index >= 15 is 0 Å². The maximum atomic E-state index is 13.6. The third kappa shape index (κ3) is 5.32. The molecule has 0 aliphatic carbocycles. The summed E-state index contributed by atoms with van der Waals surface area (Å²) in [6, 6.07) is 7.43. The van der Waals surface area contributed by atoms with Crippen molar-refractivity contribution in [3.8, 4) is 0 Å². The van der Waals surface area contributed by atoms with E-state index in [1.807, 2.05) is 0 Å². The Morgan fingerprint density at radius 3 is 2.11 bits per heavy atom. The Kier molecular flexibility index (Phi) is 7.14. The molecule has 9 heteroatoms. The maximum absolute atomic E-state index is 13.6. The summed E-state index contributed by atoms with van der Waals surface area (Å²) in [5.41, 5.74) is -0.790. The first-order valence-corrected chi connectivity index (χ1v) is 8.16. The van der Waals surface area contributed by atoms with Gasteiger partial charge in [-0.25, -0.2) is 18.0 Å². The molecule has 0 atom stereocenters. The number of benzene rings is 2. The molecule has 0 aromatic heterocycles. The number of amides is 1. The smallest absolute Gasteiger partial charge is 0.344 e. The zero-order chi connectivity index (χ0) is 20.7. The molecule has 0 aliphatic rings. The van der Waals surface area contributed by atoms with E-state index in [-0.39, 0.29) is 12.3 Å². The Hall–Kier alpha value is -3.36. The summed E-state index contributed by atoms with van der Waals surface area (Å²) in [5, 5.41) is 0. The average Bonchev–Trinajstić information content (AvgIpc) is 2.65. The normalized spacial score (nSPS) is 10.3. The van der Waals surface area contributed by atoms with Gasteiger partial charge in [0, 0.05) is 5.69 Å². The minimum absolute atomic E-state index is 0.0752. The van der Waals surface area contributed by atoms with Crippen LogP contribution in [0.4, 0.5) is 18.9 Å². The quantitative estimate of drug-likeness (QED) is 0.674. The van der Waals surface area contributed by atoms with Crippen molar-refractivity contribution in [2.24, 2.45) is 0 Å². The molecule has 0 fully saturated rings. The van der Waals surface area contributed by atoms with Crippen LogP contribution >= 0.6 is 0 Å². The lowest BCUT2D eigenvalue weighted by Gasteiger charge is -2.21. The summed E-state index contributed by atoms with van der Waals surface area (Å²) in [6.07, 6.45) is 0. The van der Waals surface area contributed by atoms with Crippen LogP contribution in [-0.4, -0.2) is 37.6 Å². The molecule has 0 heterocycles. The highest BCUT2D eigenvalue weighted by Crippen LogP contribution is 2.17. The summed E-state index contributed by atoms with van der Waals surface area (Å²) in [5.74, 6) is -5.83. The molecule has 28 heavy (non-hydrogen) atoms. The van der Waals surface area contributed by atoms with Gasteiger partial charge in [0.1, 0.15) is 29.6 Å². The van der Waals surface area contributed by atoms with Gasteiger partial charge in [-0.3, -0.25) is 14.5 Å². The van der Waals surface area contributed by atoms with Crippen LogP contribution in [-0.2, 0) is 19.1 Å². The Morgan fingerprint density at radius 1 is 0.929 bits per heavy atom. The van der Waals surface area contributed by atoms with E-state index in [0.29, 0.717) is 0 Å². The lowest BCUT2D eigenvalue weighted by atomic mass is 10.2. The number of carbonyl (C=O) groups excluding carboxylic acids is 3. The van der Waals surface area contributed by atoms with Crippen LogP contribution in [0.2, 0.25) is 0 Å². The van der Waals surface area contributed by atoms with Gasteiger partial charge in [-0.2, -0.15) is 0 Å². The number of anilines is 1. The van der Waals surface area contributed by atoms with E-state index in [1.54, 1.807) is 6.92 Å². The first-order chi connectivity index (χ1) is 13.3. The van der Waals surface area contributed by atoms with Gasteiger partial charge >= 0.3 is 11.9 Å². The number of esters is 2. The van der Waals surface area contributed by atoms with Gasteiger partial charge in [0.25, 0.3) is 5.91 Å². The summed E-state index contributed by atoms with van der Waals surface area (Å²) in [4.78, 5) is 37.0. The predicted molar refractivity (Wildman–Crippen MR) is 92.0 cm³/mol. The fraction of sp³-hybridized carbons (Fsp3) is 0.211. The van der Waals surface area contributed by atoms with Crippen molar-refractivity contribution in [1.82, 2.24) is 0 Å². The molecule has 0 saturated carbocycles. The summed E-state index contributed by atoms with van der Waals surface area (Å²) in [6.45, 7) is 0.228. The van der Waals surface area contributed by atoms with E-state index in [4.69, 9.17) is 4.74 Å². The monoisotopic (exact) mass is 395 g/mol. The second-order valence-corrected chi connectivity index (χ2v) is 5.43. The standard InChI is InChI=1S/C19H16F3NO5/c1-2-27-17(25)10-23(13-8-6-12(20)7-9-13)16(24)11-28-19(26)18-14(21)4-3-5-15(18)22/h3-9H,2,10-11H2,1H3. The van der Waals surface area contributed by atoms with E-state index in [1.165, 1.54) is 12.1 Å². The Balaban J connectivity index is 2.14. The highest BCUT2D eigenvalue weighted by Gasteiger charge is 2.24. The zero-order valence-corrected chi connectivity index (χ0v) is 14.8. The molecule has 0 N–H and O–H groups in total. The Bertz CT molecular complexity index is 850. The van der Waals surface area contributed by atoms with Crippen LogP contribution in [0, 0.1) is 17.5 Å². The first-order valence-electron chi connectivity index (χ1n) is 8.16. The minimum atomic E-state index is -1.38. The SMILES string of the molecule is CCOC(=O)CN(C(=O)COC(=O)c1c(F)cccc1F)c1ccc(F)cc1. The third-order valence-corrected chi connectivity index (χ3v) is 3.53.